The molecule has 7 aromatic carbocycles. The lowest BCUT2D eigenvalue weighted by molar-refractivity contribution is 0.628. The average Bonchev–Trinajstić information content (AvgIpc) is 3.96. The number of rotatable bonds is 5. The van der Waals surface area contributed by atoms with E-state index in [1.165, 1.54) is 11.3 Å². The van der Waals surface area contributed by atoms with Gasteiger partial charge in [-0.15, -0.1) is 0 Å². The van der Waals surface area contributed by atoms with Crippen LogP contribution in [0, 0.1) is 0 Å². The maximum atomic E-state index is 6.81. The van der Waals surface area contributed by atoms with E-state index in [0.29, 0.717) is 11.8 Å². The van der Waals surface area contributed by atoms with Gasteiger partial charge in [0.2, 0.25) is 0 Å². The van der Waals surface area contributed by atoms with Crippen LogP contribution in [-0.4, -0.2) is 17.7 Å². The summed E-state index contributed by atoms with van der Waals surface area (Å²) in [6, 6.07) is 55.0. The molecule has 3 atom stereocenters. The minimum atomic E-state index is -0.419. The standard InChI is InChI=1S/C51H34N4O2/c1-3-14-31(15-4-1)49-52-50(32-16-5-2-6-17-32)54-51(53-49)38-22-11-21-37-46-34(20-12-26-44(46)57-48(37)38)33-28-29-43-39(30-33)47-42(25-13-27-45(47)56-43)55-40-23-9-7-18-35(40)36-19-8-10-24-41(36)55/h1-30,35,40,51H,(H,52,53,54). The fourth-order valence-corrected chi connectivity index (χ4v) is 9.14. The molecule has 3 aliphatic rings. The number of nitrogens with one attached hydrogen (secondary N) is 1. The summed E-state index contributed by atoms with van der Waals surface area (Å²) in [5.74, 6) is 1.74. The van der Waals surface area contributed by atoms with E-state index in [-0.39, 0.29) is 6.04 Å². The zero-order valence-electron chi connectivity index (χ0n) is 30.7. The SMILES string of the molecule is C1=CC2c3ccccc3N(c3cccc4oc5ccc(-c6cccc7oc8c(C9N=C(c%10ccccc%10)N=C(c%10ccccc%10)N9)cccc8c67)cc5c34)C2C=C1. The van der Waals surface area contributed by atoms with Gasteiger partial charge in [0.1, 0.15) is 28.2 Å². The first-order valence-electron chi connectivity index (χ1n) is 19.4. The van der Waals surface area contributed by atoms with Gasteiger partial charge in [-0.1, -0.05) is 146 Å². The molecular weight excluding hydrogens is 701 g/mol. The summed E-state index contributed by atoms with van der Waals surface area (Å²) >= 11 is 0. The van der Waals surface area contributed by atoms with E-state index in [0.717, 1.165) is 83.2 Å². The van der Waals surface area contributed by atoms with Crippen molar-refractivity contribution in [1.29, 1.82) is 0 Å². The van der Waals surface area contributed by atoms with Gasteiger partial charge in [0, 0.05) is 44.5 Å². The highest BCUT2D eigenvalue weighted by atomic mass is 16.3. The highest BCUT2D eigenvalue weighted by molar-refractivity contribution is 6.17. The van der Waals surface area contributed by atoms with Crippen molar-refractivity contribution in [2.24, 2.45) is 9.98 Å². The Morgan fingerprint density at radius 2 is 1.25 bits per heavy atom. The Hall–Kier alpha value is -7.44. The second-order valence-electron chi connectivity index (χ2n) is 14.9. The van der Waals surface area contributed by atoms with Crippen molar-refractivity contribution in [1.82, 2.24) is 5.32 Å². The van der Waals surface area contributed by atoms with E-state index < -0.39 is 6.17 Å². The molecule has 9 aromatic rings. The van der Waals surface area contributed by atoms with Crippen LogP contribution in [0.5, 0.6) is 0 Å². The third-order valence-corrected chi connectivity index (χ3v) is 11.7. The number of anilines is 2. The quantitative estimate of drug-likeness (QED) is 0.191. The van der Waals surface area contributed by atoms with Crippen LogP contribution in [0.1, 0.15) is 34.3 Å². The van der Waals surface area contributed by atoms with Gasteiger partial charge in [0.15, 0.2) is 12.0 Å². The molecule has 0 saturated heterocycles. The van der Waals surface area contributed by atoms with Crippen LogP contribution >= 0.6 is 0 Å². The summed E-state index contributed by atoms with van der Waals surface area (Å²) in [5, 5.41) is 7.94. The molecule has 2 aromatic heterocycles. The van der Waals surface area contributed by atoms with Gasteiger partial charge in [-0.2, -0.15) is 0 Å². The molecule has 12 rings (SSSR count). The Morgan fingerprint density at radius 1 is 0.526 bits per heavy atom. The first-order valence-corrected chi connectivity index (χ1v) is 19.4. The number of nitrogens with zero attached hydrogens (tertiary/aromatic N) is 3. The summed E-state index contributed by atoms with van der Waals surface area (Å²) in [7, 11) is 0. The largest absolute Gasteiger partial charge is 0.456 e. The number of fused-ring (bicyclic) bond motifs is 9. The van der Waals surface area contributed by atoms with Crippen molar-refractivity contribution < 1.29 is 8.83 Å². The summed E-state index contributed by atoms with van der Waals surface area (Å²) in [6.07, 6.45) is 8.56. The van der Waals surface area contributed by atoms with E-state index in [2.05, 4.69) is 156 Å². The van der Waals surface area contributed by atoms with Gasteiger partial charge in [-0.3, -0.25) is 0 Å². The first-order chi connectivity index (χ1) is 28.3. The summed E-state index contributed by atoms with van der Waals surface area (Å²) in [6.45, 7) is 0. The van der Waals surface area contributed by atoms with Crippen LogP contribution < -0.4 is 10.2 Å². The second kappa shape index (κ2) is 12.5. The number of para-hydroxylation sites is 2. The minimum absolute atomic E-state index is 0.188. The van der Waals surface area contributed by atoms with Gasteiger partial charge in [0.05, 0.1) is 17.1 Å². The molecule has 6 heteroatoms. The van der Waals surface area contributed by atoms with E-state index in [4.69, 9.17) is 18.8 Å². The van der Waals surface area contributed by atoms with Crippen LogP contribution in [0.25, 0.3) is 55.0 Å². The summed E-state index contributed by atoms with van der Waals surface area (Å²) in [4.78, 5) is 12.7. The van der Waals surface area contributed by atoms with Crippen molar-refractivity contribution in [3.8, 4) is 11.1 Å². The smallest absolute Gasteiger partial charge is 0.159 e. The lowest BCUT2D eigenvalue weighted by Crippen LogP contribution is -2.33. The molecule has 6 nitrogen and oxygen atoms in total. The van der Waals surface area contributed by atoms with Crippen molar-refractivity contribution in [3.05, 3.63) is 204 Å². The number of hydrogen-bond donors (Lipinski definition) is 1. The molecule has 0 bridgehead atoms. The molecule has 3 unspecified atom stereocenters. The first kappa shape index (κ1) is 31.9. The monoisotopic (exact) mass is 734 g/mol. The molecule has 0 amide bonds. The van der Waals surface area contributed by atoms with Gasteiger partial charge >= 0.3 is 0 Å². The van der Waals surface area contributed by atoms with E-state index in [1.807, 2.05) is 36.4 Å². The van der Waals surface area contributed by atoms with Gasteiger partial charge in [-0.25, -0.2) is 9.98 Å². The van der Waals surface area contributed by atoms with E-state index in [1.54, 1.807) is 0 Å². The highest BCUT2D eigenvalue weighted by Gasteiger charge is 2.38. The number of allylic oxidation sites excluding steroid dienone is 2. The molecule has 0 radical (unpaired) electrons. The number of furan rings is 2. The number of aliphatic imine (C=N–C) groups is 2. The summed E-state index contributed by atoms with van der Waals surface area (Å²) in [5.41, 5.74) is 12.2. The maximum Gasteiger partial charge on any atom is 0.159 e. The summed E-state index contributed by atoms with van der Waals surface area (Å²) < 4.78 is 13.4. The Bertz CT molecular complexity index is 3190. The van der Waals surface area contributed by atoms with Crippen molar-refractivity contribution in [2.45, 2.75) is 18.1 Å². The van der Waals surface area contributed by atoms with Crippen molar-refractivity contribution in [2.75, 3.05) is 4.90 Å². The molecule has 270 valence electrons. The fourth-order valence-electron chi connectivity index (χ4n) is 9.14. The molecule has 2 aliphatic heterocycles. The average molecular weight is 735 g/mol. The van der Waals surface area contributed by atoms with Crippen molar-refractivity contribution >= 4 is 66.9 Å². The molecule has 1 aliphatic carbocycles. The minimum Gasteiger partial charge on any atom is -0.456 e. The molecule has 1 N–H and O–H groups in total. The molecule has 0 saturated carbocycles. The number of amidine groups is 2. The zero-order chi connectivity index (χ0) is 37.5. The van der Waals surface area contributed by atoms with Crippen LogP contribution in [0.4, 0.5) is 11.4 Å². The van der Waals surface area contributed by atoms with Gasteiger partial charge < -0.3 is 19.1 Å². The lowest BCUT2D eigenvalue weighted by Gasteiger charge is -2.29. The van der Waals surface area contributed by atoms with Gasteiger partial charge in [-0.05, 0) is 53.1 Å². The Labute approximate surface area is 328 Å². The fraction of sp³-hybridized carbons (Fsp3) is 0.0588. The predicted molar refractivity (Wildman–Crippen MR) is 232 cm³/mol. The molecule has 0 fully saturated rings. The predicted octanol–water partition coefficient (Wildman–Crippen LogP) is 12.4. The molecule has 57 heavy (non-hydrogen) atoms. The second-order valence-corrected chi connectivity index (χ2v) is 14.9. The molecule has 0 spiro atoms. The van der Waals surface area contributed by atoms with E-state index >= 15 is 0 Å². The van der Waals surface area contributed by atoms with E-state index in [9.17, 15) is 0 Å². The normalized spacial score (nSPS) is 18.5. The van der Waals surface area contributed by atoms with Crippen LogP contribution in [-0.2, 0) is 0 Å². The zero-order valence-corrected chi connectivity index (χ0v) is 30.7. The Morgan fingerprint density at radius 3 is 2.12 bits per heavy atom. The maximum absolute atomic E-state index is 6.81. The number of hydrogen-bond acceptors (Lipinski definition) is 6. The lowest BCUT2D eigenvalue weighted by atomic mass is 9.91. The Balaban J connectivity index is 1.01. The topological polar surface area (TPSA) is 66.3 Å². The molecular formula is C51H34N4O2. The van der Waals surface area contributed by atoms with Gasteiger partial charge in [0.25, 0.3) is 0 Å². The van der Waals surface area contributed by atoms with Crippen LogP contribution in [0.15, 0.2) is 201 Å². The Kier molecular flexibility index (Phi) is 7.01. The number of benzene rings is 7. The third kappa shape index (κ3) is 4.97. The highest BCUT2D eigenvalue weighted by Crippen LogP contribution is 2.51. The molecule has 4 heterocycles. The van der Waals surface area contributed by atoms with Crippen molar-refractivity contribution in [3.63, 3.8) is 0 Å². The van der Waals surface area contributed by atoms with Crippen LogP contribution in [0.3, 0.4) is 0 Å². The third-order valence-electron chi connectivity index (χ3n) is 11.7. The van der Waals surface area contributed by atoms with Crippen LogP contribution in [0.2, 0.25) is 0 Å².